The zero-order valence-electron chi connectivity index (χ0n) is 7.98. The standard InChI is InChI=1S/C8H10F2I2N2/c1-8(2,3)14-7(12)4(11)5(13-14)6(9)10/h6H,1-3H3. The van der Waals surface area contributed by atoms with Crippen LogP contribution in [0.1, 0.15) is 32.9 Å². The molecular formula is C8H10F2I2N2. The summed E-state index contributed by atoms with van der Waals surface area (Å²) >= 11 is 3.95. The Morgan fingerprint density at radius 1 is 1.29 bits per heavy atom. The van der Waals surface area contributed by atoms with Crippen LogP contribution < -0.4 is 0 Å². The third kappa shape index (κ3) is 2.37. The van der Waals surface area contributed by atoms with Crippen LogP contribution in [0, 0.1) is 7.27 Å². The second-order valence-electron chi connectivity index (χ2n) is 3.87. The number of halogens is 4. The van der Waals surface area contributed by atoms with Crippen LogP contribution in [0.3, 0.4) is 0 Å². The van der Waals surface area contributed by atoms with E-state index in [9.17, 15) is 8.78 Å². The van der Waals surface area contributed by atoms with Crippen LogP contribution >= 0.6 is 45.2 Å². The van der Waals surface area contributed by atoms with E-state index in [2.05, 4.69) is 5.10 Å². The molecule has 0 N–H and O–H groups in total. The van der Waals surface area contributed by atoms with Crippen LogP contribution in [0.15, 0.2) is 0 Å². The first-order valence-electron chi connectivity index (χ1n) is 3.97. The monoisotopic (exact) mass is 426 g/mol. The SMILES string of the molecule is CC(C)(C)n1nc(C(F)F)c(I)c1I. The Morgan fingerprint density at radius 3 is 2.00 bits per heavy atom. The topological polar surface area (TPSA) is 17.8 Å². The lowest BCUT2D eigenvalue weighted by atomic mass is 10.1. The molecular weight excluding hydrogens is 416 g/mol. The van der Waals surface area contributed by atoms with E-state index in [1.54, 1.807) is 4.68 Å². The lowest BCUT2D eigenvalue weighted by molar-refractivity contribution is 0.142. The second-order valence-corrected chi connectivity index (χ2v) is 5.97. The highest BCUT2D eigenvalue weighted by Gasteiger charge is 2.26. The fraction of sp³-hybridized carbons (Fsp3) is 0.625. The van der Waals surface area contributed by atoms with Gasteiger partial charge >= 0.3 is 0 Å². The molecule has 0 bridgehead atoms. The fourth-order valence-electron chi connectivity index (χ4n) is 0.978. The minimum Gasteiger partial charge on any atom is -0.253 e. The quantitative estimate of drug-likeness (QED) is 0.626. The average molecular weight is 426 g/mol. The van der Waals surface area contributed by atoms with E-state index >= 15 is 0 Å². The van der Waals surface area contributed by atoms with E-state index in [4.69, 9.17) is 0 Å². The summed E-state index contributed by atoms with van der Waals surface area (Å²) in [4.78, 5) is 0. The maximum atomic E-state index is 12.5. The Bertz CT molecular complexity index is 342. The number of rotatable bonds is 1. The molecule has 1 rings (SSSR count). The summed E-state index contributed by atoms with van der Waals surface area (Å²) < 4.78 is 28.0. The van der Waals surface area contributed by atoms with Crippen molar-refractivity contribution in [2.45, 2.75) is 32.7 Å². The summed E-state index contributed by atoms with van der Waals surface area (Å²) in [6, 6.07) is 0. The summed E-state index contributed by atoms with van der Waals surface area (Å²) in [5, 5.41) is 3.93. The summed E-state index contributed by atoms with van der Waals surface area (Å²) in [5.41, 5.74) is -0.381. The molecule has 1 heterocycles. The molecule has 1 aromatic heterocycles. The van der Waals surface area contributed by atoms with E-state index in [1.807, 2.05) is 66.0 Å². The molecule has 0 saturated carbocycles. The van der Waals surface area contributed by atoms with E-state index in [0.717, 1.165) is 3.70 Å². The van der Waals surface area contributed by atoms with Crippen molar-refractivity contribution in [3.05, 3.63) is 13.0 Å². The van der Waals surface area contributed by atoms with Crippen molar-refractivity contribution < 1.29 is 8.78 Å². The van der Waals surface area contributed by atoms with Crippen molar-refractivity contribution in [1.29, 1.82) is 0 Å². The third-order valence-electron chi connectivity index (χ3n) is 1.64. The average Bonchev–Trinajstić information content (AvgIpc) is 2.28. The molecule has 0 fully saturated rings. The molecule has 1 aromatic rings. The predicted octanol–water partition coefficient (Wildman–Crippen LogP) is 3.78. The highest BCUT2D eigenvalue weighted by molar-refractivity contribution is 14.1. The first kappa shape index (κ1) is 12.6. The molecule has 0 aliphatic rings. The van der Waals surface area contributed by atoms with Gasteiger partial charge in [-0.25, -0.2) is 8.78 Å². The number of alkyl halides is 2. The number of aromatic nitrogens is 2. The van der Waals surface area contributed by atoms with Gasteiger partial charge in [0, 0.05) is 0 Å². The van der Waals surface area contributed by atoms with Crippen molar-refractivity contribution in [1.82, 2.24) is 9.78 Å². The van der Waals surface area contributed by atoms with Gasteiger partial charge < -0.3 is 0 Å². The molecule has 0 unspecified atom stereocenters. The number of hydrogen-bond acceptors (Lipinski definition) is 1. The largest absolute Gasteiger partial charge is 0.283 e. The zero-order chi connectivity index (χ0) is 11.1. The normalized spacial score (nSPS) is 12.6. The van der Waals surface area contributed by atoms with Gasteiger partial charge in [0.2, 0.25) is 0 Å². The van der Waals surface area contributed by atoms with E-state index < -0.39 is 6.43 Å². The smallest absolute Gasteiger partial charge is 0.253 e. The van der Waals surface area contributed by atoms with E-state index in [1.165, 1.54) is 0 Å². The van der Waals surface area contributed by atoms with Crippen LogP contribution in [0.4, 0.5) is 8.78 Å². The molecule has 2 nitrogen and oxygen atoms in total. The van der Waals surface area contributed by atoms with Crippen molar-refractivity contribution in [2.75, 3.05) is 0 Å². The van der Waals surface area contributed by atoms with Gasteiger partial charge in [0.25, 0.3) is 6.43 Å². The molecule has 0 aromatic carbocycles. The zero-order valence-corrected chi connectivity index (χ0v) is 12.3. The molecule has 0 spiro atoms. The molecule has 0 saturated heterocycles. The van der Waals surface area contributed by atoms with Crippen LogP contribution in [-0.2, 0) is 5.54 Å². The van der Waals surface area contributed by atoms with Crippen molar-refractivity contribution in [3.8, 4) is 0 Å². The summed E-state index contributed by atoms with van der Waals surface area (Å²) in [6.45, 7) is 5.81. The molecule has 14 heavy (non-hydrogen) atoms. The van der Waals surface area contributed by atoms with Gasteiger partial charge in [-0.05, 0) is 66.0 Å². The summed E-state index contributed by atoms with van der Waals surface area (Å²) in [5.74, 6) is 0. The van der Waals surface area contributed by atoms with Gasteiger partial charge in [0.05, 0.1) is 9.11 Å². The maximum Gasteiger partial charge on any atom is 0.283 e. The number of hydrogen-bond donors (Lipinski definition) is 0. The van der Waals surface area contributed by atoms with Crippen molar-refractivity contribution >= 4 is 45.2 Å². The van der Waals surface area contributed by atoms with E-state index in [0.29, 0.717) is 3.57 Å². The molecule has 0 aliphatic heterocycles. The first-order chi connectivity index (χ1) is 6.25. The summed E-state index contributed by atoms with van der Waals surface area (Å²) in [6.07, 6.45) is -2.50. The van der Waals surface area contributed by atoms with Gasteiger partial charge in [-0.3, -0.25) is 4.68 Å². The highest BCUT2D eigenvalue weighted by Crippen LogP contribution is 2.30. The van der Waals surface area contributed by atoms with Crippen LogP contribution in [0.25, 0.3) is 0 Å². The molecule has 0 amide bonds. The Hall–Kier alpha value is 0.530. The lowest BCUT2D eigenvalue weighted by Crippen LogP contribution is -2.24. The minimum absolute atomic E-state index is 0.120. The second kappa shape index (κ2) is 4.18. The van der Waals surface area contributed by atoms with Gasteiger partial charge in [0.15, 0.2) is 0 Å². The van der Waals surface area contributed by atoms with Crippen LogP contribution in [-0.4, -0.2) is 9.78 Å². The Morgan fingerprint density at radius 2 is 1.79 bits per heavy atom. The molecule has 0 radical (unpaired) electrons. The maximum absolute atomic E-state index is 12.5. The van der Waals surface area contributed by atoms with Crippen LogP contribution in [0.5, 0.6) is 0 Å². The Balaban J connectivity index is 3.29. The third-order valence-corrected chi connectivity index (χ3v) is 4.73. The fourth-order valence-corrected chi connectivity index (χ4v) is 2.66. The van der Waals surface area contributed by atoms with Gasteiger partial charge in [-0.1, -0.05) is 0 Å². The molecule has 80 valence electrons. The molecule has 0 atom stereocenters. The Labute approximate surface area is 109 Å². The first-order valence-corrected chi connectivity index (χ1v) is 6.13. The predicted molar refractivity (Wildman–Crippen MR) is 67.6 cm³/mol. The molecule has 6 heteroatoms. The van der Waals surface area contributed by atoms with Gasteiger partial charge in [0.1, 0.15) is 9.39 Å². The van der Waals surface area contributed by atoms with Crippen molar-refractivity contribution in [3.63, 3.8) is 0 Å². The lowest BCUT2D eigenvalue weighted by Gasteiger charge is -2.20. The summed E-state index contributed by atoms with van der Waals surface area (Å²) in [7, 11) is 0. The van der Waals surface area contributed by atoms with E-state index in [-0.39, 0.29) is 11.2 Å². The van der Waals surface area contributed by atoms with Crippen molar-refractivity contribution in [2.24, 2.45) is 0 Å². The van der Waals surface area contributed by atoms with Gasteiger partial charge in [-0.15, -0.1) is 0 Å². The number of nitrogens with zero attached hydrogens (tertiary/aromatic N) is 2. The molecule has 0 aliphatic carbocycles. The highest BCUT2D eigenvalue weighted by atomic mass is 127. The Kier molecular flexibility index (Phi) is 3.77. The minimum atomic E-state index is -2.50. The van der Waals surface area contributed by atoms with Crippen LogP contribution in [0.2, 0.25) is 0 Å². The van der Waals surface area contributed by atoms with Gasteiger partial charge in [-0.2, -0.15) is 5.10 Å².